The molecule has 0 aromatic heterocycles. The van der Waals surface area contributed by atoms with E-state index in [9.17, 15) is 24.0 Å². The zero-order chi connectivity index (χ0) is 28.5. The molecule has 10 heteroatoms. The summed E-state index contributed by atoms with van der Waals surface area (Å²) < 4.78 is 11.6. The fourth-order valence-electron chi connectivity index (χ4n) is 4.33. The van der Waals surface area contributed by atoms with Crippen molar-refractivity contribution in [3.05, 3.63) is 29.3 Å². The molecule has 0 saturated carbocycles. The first-order chi connectivity index (χ1) is 17.5. The summed E-state index contributed by atoms with van der Waals surface area (Å²) in [4.78, 5) is 63.5. The third-order valence-electron chi connectivity index (χ3n) is 6.68. The van der Waals surface area contributed by atoms with E-state index < -0.39 is 46.3 Å². The number of carbonyl (C=O) groups excluding carboxylic acids is 5. The molecule has 208 valence electrons. The zero-order valence-corrected chi connectivity index (χ0v) is 23.4. The molecule has 1 fully saturated rings. The van der Waals surface area contributed by atoms with Gasteiger partial charge in [0.05, 0.1) is 22.1 Å². The number of carbonyl (C=O) groups is 5. The Labute approximate surface area is 223 Å². The fourth-order valence-corrected chi connectivity index (χ4v) is 4.33. The first-order valence-corrected chi connectivity index (χ1v) is 13.0. The molecule has 2 heterocycles. The van der Waals surface area contributed by atoms with Crippen LogP contribution in [0.2, 0.25) is 0 Å². The average Bonchev–Trinajstić information content (AvgIpc) is 3.03. The topological polar surface area (TPSA) is 131 Å². The number of esters is 1. The number of nitrogens with one attached hydrogen (secondary N) is 2. The van der Waals surface area contributed by atoms with Crippen LogP contribution in [0.15, 0.2) is 18.2 Å². The monoisotopic (exact) mass is 529 g/mol. The van der Waals surface area contributed by atoms with Crippen molar-refractivity contribution in [1.29, 1.82) is 0 Å². The minimum absolute atomic E-state index is 0.0684. The molecular formula is C28H39N3O7. The number of hydrogen-bond donors (Lipinski definition) is 2. The molecule has 0 bridgehead atoms. The van der Waals surface area contributed by atoms with Crippen molar-refractivity contribution < 1.29 is 33.4 Å². The van der Waals surface area contributed by atoms with Gasteiger partial charge in [0.15, 0.2) is 0 Å². The summed E-state index contributed by atoms with van der Waals surface area (Å²) in [6.07, 6.45) is 1.26. The van der Waals surface area contributed by atoms with Crippen LogP contribution in [-0.4, -0.2) is 64.9 Å². The first-order valence-electron chi connectivity index (χ1n) is 13.0. The number of imide groups is 2. The largest absolute Gasteiger partial charge is 0.460 e. The summed E-state index contributed by atoms with van der Waals surface area (Å²) in [5.41, 5.74) is -0.814. The first kappa shape index (κ1) is 29.3. The highest BCUT2D eigenvalue weighted by atomic mass is 16.6. The van der Waals surface area contributed by atoms with Gasteiger partial charge in [-0.25, -0.2) is 0 Å². The van der Waals surface area contributed by atoms with Crippen LogP contribution in [0, 0.1) is 5.41 Å². The maximum absolute atomic E-state index is 13.2. The Morgan fingerprint density at radius 1 is 1.03 bits per heavy atom. The maximum Gasteiger partial charge on any atom is 0.312 e. The lowest BCUT2D eigenvalue weighted by Gasteiger charge is -2.31. The highest BCUT2D eigenvalue weighted by Gasteiger charge is 2.45. The Kier molecular flexibility index (Phi) is 8.36. The minimum atomic E-state index is -1.01. The number of hydrogen-bond acceptors (Lipinski definition) is 8. The van der Waals surface area contributed by atoms with Crippen LogP contribution in [0.1, 0.15) is 94.9 Å². The van der Waals surface area contributed by atoms with Gasteiger partial charge in [0.25, 0.3) is 11.8 Å². The number of nitrogens with zero attached hydrogens (tertiary/aromatic N) is 1. The summed E-state index contributed by atoms with van der Waals surface area (Å²) in [7, 11) is 0. The summed E-state index contributed by atoms with van der Waals surface area (Å²) >= 11 is 0. The molecule has 3 rings (SSSR count). The second-order valence-electron chi connectivity index (χ2n) is 12.1. The van der Waals surface area contributed by atoms with Crippen molar-refractivity contribution in [3.63, 3.8) is 0 Å². The normalized spacial score (nSPS) is 18.4. The van der Waals surface area contributed by atoms with Crippen molar-refractivity contribution in [2.45, 2.75) is 91.4 Å². The van der Waals surface area contributed by atoms with E-state index in [0.29, 0.717) is 31.7 Å². The highest BCUT2D eigenvalue weighted by molar-refractivity contribution is 6.25. The lowest BCUT2D eigenvalue weighted by molar-refractivity contribution is -0.167. The molecule has 1 saturated heterocycles. The second-order valence-corrected chi connectivity index (χ2v) is 12.1. The van der Waals surface area contributed by atoms with E-state index in [2.05, 4.69) is 10.6 Å². The average molecular weight is 530 g/mol. The molecule has 4 amide bonds. The van der Waals surface area contributed by atoms with Crippen LogP contribution in [0.4, 0.5) is 5.69 Å². The standard InChI is InChI=1S/C28H39N3O7/c1-26(2,3)38-25(36)27(4,5)14-16-37-28(6,7)13-15-29-18-10-8-9-17-21(18)24(35)31(23(17)34)19-11-12-20(32)30-22(19)33/h8-10,19,29H,11-16H2,1-7H3,(H,30,32,33). The molecule has 1 aromatic rings. The Bertz CT molecular complexity index is 1130. The third-order valence-corrected chi connectivity index (χ3v) is 6.68. The molecular weight excluding hydrogens is 490 g/mol. The quantitative estimate of drug-likeness (QED) is 0.348. The predicted molar refractivity (Wildman–Crippen MR) is 140 cm³/mol. The van der Waals surface area contributed by atoms with Crippen LogP contribution in [0.3, 0.4) is 0 Å². The second kappa shape index (κ2) is 10.8. The number of amides is 4. The number of anilines is 1. The van der Waals surface area contributed by atoms with Crippen LogP contribution >= 0.6 is 0 Å². The van der Waals surface area contributed by atoms with Gasteiger partial charge in [-0.15, -0.1) is 0 Å². The van der Waals surface area contributed by atoms with Crippen molar-refractivity contribution in [2.24, 2.45) is 5.41 Å². The van der Waals surface area contributed by atoms with Gasteiger partial charge in [0, 0.05) is 25.3 Å². The van der Waals surface area contributed by atoms with Crippen molar-refractivity contribution in [3.8, 4) is 0 Å². The van der Waals surface area contributed by atoms with Crippen LogP contribution in [0.25, 0.3) is 0 Å². The molecule has 0 radical (unpaired) electrons. The Morgan fingerprint density at radius 3 is 2.34 bits per heavy atom. The molecule has 2 N–H and O–H groups in total. The Morgan fingerprint density at radius 2 is 1.71 bits per heavy atom. The molecule has 1 atom stereocenters. The van der Waals surface area contributed by atoms with Crippen LogP contribution in [0.5, 0.6) is 0 Å². The lowest BCUT2D eigenvalue weighted by Crippen LogP contribution is -2.54. The molecule has 10 nitrogen and oxygen atoms in total. The molecule has 1 unspecified atom stereocenters. The SMILES string of the molecule is CC(C)(C)OC(=O)C(C)(C)CCOC(C)(C)CCNc1cccc2c1C(=O)N(C1CCC(=O)NC1=O)C2=O. The fraction of sp³-hybridized carbons (Fsp3) is 0.607. The van der Waals surface area contributed by atoms with Gasteiger partial charge in [-0.3, -0.25) is 34.2 Å². The van der Waals surface area contributed by atoms with E-state index in [-0.39, 0.29) is 29.9 Å². The summed E-state index contributed by atoms with van der Waals surface area (Å²) in [6, 6.07) is 3.95. The van der Waals surface area contributed by atoms with E-state index in [1.165, 1.54) is 0 Å². The van der Waals surface area contributed by atoms with Gasteiger partial charge < -0.3 is 14.8 Å². The van der Waals surface area contributed by atoms with Gasteiger partial charge in [0.2, 0.25) is 11.8 Å². The van der Waals surface area contributed by atoms with Crippen LogP contribution in [-0.2, 0) is 23.9 Å². The van der Waals surface area contributed by atoms with Crippen molar-refractivity contribution >= 4 is 35.3 Å². The number of piperidine rings is 1. The van der Waals surface area contributed by atoms with Gasteiger partial charge in [-0.1, -0.05) is 6.07 Å². The smallest absolute Gasteiger partial charge is 0.312 e. The van der Waals surface area contributed by atoms with Crippen LogP contribution < -0.4 is 10.6 Å². The van der Waals surface area contributed by atoms with Gasteiger partial charge in [0.1, 0.15) is 11.6 Å². The number of ether oxygens (including phenoxy) is 2. The van der Waals surface area contributed by atoms with Gasteiger partial charge in [-0.05, 0) is 79.9 Å². The minimum Gasteiger partial charge on any atom is -0.460 e. The Hall–Kier alpha value is -3.27. The highest BCUT2D eigenvalue weighted by Crippen LogP contribution is 2.33. The van der Waals surface area contributed by atoms with E-state index in [0.717, 1.165) is 4.90 Å². The molecule has 1 aromatic carbocycles. The lowest BCUT2D eigenvalue weighted by atomic mass is 9.89. The summed E-state index contributed by atoms with van der Waals surface area (Å²) in [6.45, 7) is 13.9. The molecule has 2 aliphatic heterocycles. The molecule has 0 spiro atoms. The zero-order valence-electron chi connectivity index (χ0n) is 23.4. The van der Waals surface area contributed by atoms with Crippen molar-refractivity contribution in [2.75, 3.05) is 18.5 Å². The van der Waals surface area contributed by atoms with E-state index in [1.807, 2.05) is 48.5 Å². The number of rotatable bonds is 10. The molecule has 2 aliphatic rings. The van der Waals surface area contributed by atoms with Gasteiger partial charge in [-0.2, -0.15) is 0 Å². The van der Waals surface area contributed by atoms with E-state index in [4.69, 9.17) is 9.47 Å². The Balaban J connectivity index is 1.57. The van der Waals surface area contributed by atoms with E-state index in [1.54, 1.807) is 18.2 Å². The molecule has 0 aliphatic carbocycles. The third kappa shape index (κ3) is 6.78. The van der Waals surface area contributed by atoms with Gasteiger partial charge >= 0.3 is 5.97 Å². The van der Waals surface area contributed by atoms with E-state index >= 15 is 0 Å². The molecule has 38 heavy (non-hydrogen) atoms. The number of fused-ring (bicyclic) bond motifs is 1. The summed E-state index contributed by atoms with van der Waals surface area (Å²) in [5, 5.41) is 5.44. The predicted octanol–water partition coefficient (Wildman–Crippen LogP) is 3.44. The summed E-state index contributed by atoms with van der Waals surface area (Å²) in [5.74, 6) is -2.42. The van der Waals surface area contributed by atoms with Crippen molar-refractivity contribution in [1.82, 2.24) is 10.2 Å². The maximum atomic E-state index is 13.2. The number of benzene rings is 1.